The first-order valence-corrected chi connectivity index (χ1v) is 8.12. The average Bonchev–Trinajstić information content (AvgIpc) is 2.83. The van der Waals surface area contributed by atoms with Crippen molar-refractivity contribution in [2.75, 3.05) is 0 Å². The lowest BCUT2D eigenvalue weighted by atomic mass is 10.1. The number of fused-ring (bicyclic) bond motifs is 1. The summed E-state index contributed by atoms with van der Waals surface area (Å²) in [5, 5.41) is 15.9. The summed E-state index contributed by atoms with van der Waals surface area (Å²) >= 11 is 6.02. The lowest BCUT2D eigenvalue weighted by Crippen LogP contribution is -2.42. The van der Waals surface area contributed by atoms with Crippen LogP contribution in [0.25, 0.3) is 0 Å². The molecule has 6 heteroatoms. The van der Waals surface area contributed by atoms with Crippen LogP contribution in [-0.4, -0.2) is 17.2 Å². The van der Waals surface area contributed by atoms with Crippen LogP contribution in [0.3, 0.4) is 0 Å². The standard InChI is InChI=1S/C18H18ClFN2O2/c1-10(16-13(19)7-4-8-14(16)20)21-18(24)22-17-12-6-3-2-5-11(12)9-15(17)23/h2-8,10,15,17,23H,9H2,1H3,(H2,21,22,24). The Morgan fingerprint density at radius 3 is 2.79 bits per heavy atom. The topological polar surface area (TPSA) is 61.4 Å². The molecule has 24 heavy (non-hydrogen) atoms. The van der Waals surface area contributed by atoms with Crippen molar-refractivity contribution in [2.24, 2.45) is 0 Å². The van der Waals surface area contributed by atoms with Gasteiger partial charge in [-0.3, -0.25) is 0 Å². The smallest absolute Gasteiger partial charge is 0.315 e. The second-order valence-corrected chi connectivity index (χ2v) is 6.33. The number of hydrogen-bond acceptors (Lipinski definition) is 2. The van der Waals surface area contributed by atoms with Crippen LogP contribution in [0.1, 0.15) is 35.7 Å². The fourth-order valence-electron chi connectivity index (χ4n) is 3.12. The third-order valence-corrected chi connectivity index (χ3v) is 4.60. The van der Waals surface area contributed by atoms with Gasteiger partial charge in [0.25, 0.3) is 0 Å². The molecule has 0 saturated carbocycles. The van der Waals surface area contributed by atoms with Gasteiger partial charge in [-0.25, -0.2) is 9.18 Å². The zero-order valence-corrected chi connectivity index (χ0v) is 13.8. The first-order chi connectivity index (χ1) is 11.5. The molecule has 2 aromatic carbocycles. The lowest BCUT2D eigenvalue weighted by Gasteiger charge is -2.21. The number of benzene rings is 2. The molecule has 3 atom stereocenters. The molecule has 1 aliphatic carbocycles. The Bertz CT molecular complexity index is 748. The molecule has 126 valence electrons. The molecule has 3 N–H and O–H groups in total. The number of urea groups is 1. The average molecular weight is 349 g/mol. The molecular weight excluding hydrogens is 331 g/mol. The van der Waals surface area contributed by atoms with Crippen LogP contribution in [0, 0.1) is 5.82 Å². The van der Waals surface area contributed by atoms with Crippen molar-refractivity contribution in [3.63, 3.8) is 0 Å². The van der Waals surface area contributed by atoms with Gasteiger partial charge >= 0.3 is 6.03 Å². The Hall–Kier alpha value is -2.11. The van der Waals surface area contributed by atoms with Gasteiger partial charge in [0.05, 0.1) is 18.2 Å². The minimum atomic E-state index is -0.680. The van der Waals surface area contributed by atoms with Crippen molar-refractivity contribution in [2.45, 2.75) is 31.5 Å². The number of aliphatic hydroxyl groups excluding tert-OH is 1. The molecule has 0 bridgehead atoms. The Kier molecular flexibility index (Phi) is 4.73. The minimum Gasteiger partial charge on any atom is -0.390 e. The Labute approximate surface area is 144 Å². The lowest BCUT2D eigenvalue weighted by molar-refractivity contribution is 0.142. The molecular formula is C18H18ClFN2O2. The highest BCUT2D eigenvalue weighted by atomic mass is 35.5. The maximum Gasteiger partial charge on any atom is 0.315 e. The fraction of sp³-hybridized carbons (Fsp3) is 0.278. The predicted molar refractivity (Wildman–Crippen MR) is 90.4 cm³/mol. The number of carbonyl (C=O) groups is 1. The maximum atomic E-state index is 13.9. The predicted octanol–water partition coefficient (Wildman–Crippen LogP) is 3.50. The molecule has 0 radical (unpaired) electrons. The van der Waals surface area contributed by atoms with Gasteiger partial charge < -0.3 is 15.7 Å². The number of hydrogen-bond donors (Lipinski definition) is 3. The van der Waals surface area contributed by atoms with Crippen LogP contribution in [0.2, 0.25) is 5.02 Å². The molecule has 0 fully saturated rings. The van der Waals surface area contributed by atoms with Gasteiger partial charge in [0.15, 0.2) is 0 Å². The van der Waals surface area contributed by atoms with Gasteiger partial charge in [-0.15, -0.1) is 0 Å². The van der Waals surface area contributed by atoms with Crippen LogP contribution in [0.5, 0.6) is 0 Å². The van der Waals surface area contributed by atoms with Gasteiger partial charge in [-0.1, -0.05) is 41.9 Å². The van der Waals surface area contributed by atoms with E-state index in [0.29, 0.717) is 6.42 Å². The number of aliphatic hydroxyl groups is 1. The van der Waals surface area contributed by atoms with Gasteiger partial charge in [0.2, 0.25) is 0 Å². The van der Waals surface area contributed by atoms with Crippen LogP contribution in [0.4, 0.5) is 9.18 Å². The summed E-state index contributed by atoms with van der Waals surface area (Å²) in [6, 6.07) is 10.4. The molecule has 0 spiro atoms. The summed E-state index contributed by atoms with van der Waals surface area (Å²) < 4.78 is 13.9. The molecule has 0 heterocycles. The molecule has 3 rings (SSSR count). The minimum absolute atomic E-state index is 0.238. The van der Waals surface area contributed by atoms with Crippen molar-refractivity contribution in [3.05, 3.63) is 70.0 Å². The summed E-state index contributed by atoms with van der Waals surface area (Å²) in [4.78, 5) is 12.3. The third-order valence-electron chi connectivity index (χ3n) is 4.27. The largest absolute Gasteiger partial charge is 0.390 e. The number of amides is 2. The molecule has 2 amide bonds. The van der Waals surface area contributed by atoms with E-state index in [1.165, 1.54) is 12.1 Å². The Balaban J connectivity index is 1.70. The van der Waals surface area contributed by atoms with E-state index in [1.807, 2.05) is 24.3 Å². The Morgan fingerprint density at radius 2 is 2.04 bits per heavy atom. The van der Waals surface area contributed by atoms with Gasteiger partial charge in [0.1, 0.15) is 5.82 Å². The quantitative estimate of drug-likeness (QED) is 0.795. The highest BCUT2D eigenvalue weighted by molar-refractivity contribution is 6.31. The molecule has 4 nitrogen and oxygen atoms in total. The summed E-state index contributed by atoms with van der Waals surface area (Å²) in [5.74, 6) is -0.471. The van der Waals surface area contributed by atoms with Crippen molar-refractivity contribution >= 4 is 17.6 Å². The zero-order valence-electron chi connectivity index (χ0n) is 13.1. The summed E-state index contributed by atoms with van der Waals surface area (Å²) in [7, 11) is 0. The highest BCUT2D eigenvalue weighted by Gasteiger charge is 2.32. The normalized spacial score (nSPS) is 20.3. The third kappa shape index (κ3) is 3.23. The van der Waals surface area contributed by atoms with E-state index in [0.717, 1.165) is 11.1 Å². The van der Waals surface area contributed by atoms with Crippen molar-refractivity contribution in [1.82, 2.24) is 10.6 Å². The second kappa shape index (κ2) is 6.79. The molecule has 2 aromatic rings. The van der Waals surface area contributed by atoms with E-state index in [1.54, 1.807) is 13.0 Å². The highest BCUT2D eigenvalue weighted by Crippen LogP contribution is 2.31. The van der Waals surface area contributed by atoms with Crippen molar-refractivity contribution in [1.29, 1.82) is 0 Å². The molecule has 0 aromatic heterocycles. The number of carbonyl (C=O) groups excluding carboxylic acids is 1. The Morgan fingerprint density at radius 1 is 1.29 bits per heavy atom. The van der Waals surface area contributed by atoms with Crippen molar-refractivity contribution in [3.8, 4) is 0 Å². The molecule has 3 unspecified atom stereocenters. The van der Waals surface area contributed by atoms with Crippen LogP contribution in [-0.2, 0) is 6.42 Å². The van der Waals surface area contributed by atoms with E-state index in [2.05, 4.69) is 10.6 Å². The number of halogens is 2. The van der Waals surface area contributed by atoms with E-state index >= 15 is 0 Å². The van der Waals surface area contributed by atoms with E-state index in [-0.39, 0.29) is 10.6 Å². The van der Waals surface area contributed by atoms with Gasteiger partial charge in [-0.2, -0.15) is 0 Å². The second-order valence-electron chi connectivity index (χ2n) is 5.92. The number of nitrogens with one attached hydrogen (secondary N) is 2. The van der Waals surface area contributed by atoms with E-state index in [4.69, 9.17) is 11.6 Å². The van der Waals surface area contributed by atoms with Gasteiger partial charge in [0, 0.05) is 17.0 Å². The van der Waals surface area contributed by atoms with Crippen LogP contribution < -0.4 is 10.6 Å². The molecule has 0 aliphatic heterocycles. The summed E-state index contributed by atoms with van der Waals surface area (Å²) in [6.45, 7) is 1.66. The first kappa shape index (κ1) is 16.7. The first-order valence-electron chi connectivity index (χ1n) is 7.74. The van der Waals surface area contributed by atoms with Crippen molar-refractivity contribution < 1.29 is 14.3 Å². The molecule has 0 saturated heterocycles. The summed E-state index contributed by atoms with van der Waals surface area (Å²) in [5.41, 5.74) is 2.15. The van der Waals surface area contributed by atoms with E-state index < -0.39 is 30.0 Å². The monoisotopic (exact) mass is 348 g/mol. The fourth-order valence-corrected chi connectivity index (χ4v) is 3.45. The SMILES string of the molecule is CC(NC(=O)NC1c2ccccc2CC1O)c1c(F)cccc1Cl. The maximum absolute atomic E-state index is 13.9. The zero-order chi connectivity index (χ0) is 17.3. The van der Waals surface area contributed by atoms with Crippen LogP contribution in [0.15, 0.2) is 42.5 Å². The van der Waals surface area contributed by atoms with Gasteiger partial charge in [-0.05, 0) is 30.2 Å². The van der Waals surface area contributed by atoms with E-state index in [9.17, 15) is 14.3 Å². The number of rotatable bonds is 3. The molecule has 1 aliphatic rings. The van der Waals surface area contributed by atoms with Crippen LogP contribution >= 0.6 is 11.6 Å². The summed E-state index contributed by atoms with van der Waals surface area (Å²) in [6.07, 6.45) is -0.184.